The van der Waals surface area contributed by atoms with Crippen LogP contribution in [0.5, 0.6) is 0 Å². The van der Waals surface area contributed by atoms with Crippen LogP contribution in [0.3, 0.4) is 0 Å². The van der Waals surface area contributed by atoms with E-state index in [0.717, 1.165) is 17.0 Å². The Kier molecular flexibility index (Phi) is 3.62. The maximum atomic E-state index is 11.0. The normalized spacial score (nSPS) is 21.0. The molecule has 0 amide bonds. The van der Waals surface area contributed by atoms with Crippen molar-refractivity contribution in [1.29, 1.82) is 0 Å². The molecule has 0 bridgehead atoms. The van der Waals surface area contributed by atoms with Crippen LogP contribution in [0.1, 0.15) is 12.0 Å². The minimum Gasteiger partial charge on any atom is -0.480 e. The van der Waals surface area contributed by atoms with E-state index in [9.17, 15) is 4.79 Å². The summed E-state index contributed by atoms with van der Waals surface area (Å²) in [4.78, 5) is 15.5. The van der Waals surface area contributed by atoms with Crippen molar-refractivity contribution in [2.45, 2.75) is 11.7 Å². The van der Waals surface area contributed by atoms with Crippen molar-refractivity contribution in [2.24, 2.45) is 4.99 Å². The second kappa shape index (κ2) is 5.16. The minimum absolute atomic E-state index is 0.360. The van der Waals surface area contributed by atoms with Gasteiger partial charge in [-0.1, -0.05) is 30.3 Å². The standard InChI is InChI=1S/C12H13NO2S/c14-12(15)11-8-10(13-6-7-16-11)9-4-2-1-3-5-9/h1-5,11H,6-8H2,(H,14,15). The largest absolute Gasteiger partial charge is 0.480 e. The predicted molar refractivity (Wildman–Crippen MR) is 66.3 cm³/mol. The van der Waals surface area contributed by atoms with E-state index < -0.39 is 5.97 Å². The van der Waals surface area contributed by atoms with Gasteiger partial charge in [-0.15, -0.1) is 11.8 Å². The van der Waals surface area contributed by atoms with Crippen molar-refractivity contribution in [3.05, 3.63) is 35.9 Å². The molecule has 1 unspecified atom stereocenters. The monoisotopic (exact) mass is 235 g/mol. The van der Waals surface area contributed by atoms with Crippen LogP contribution in [-0.4, -0.2) is 34.3 Å². The van der Waals surface area contributed by atoms with Crippen LogP contribution in [0.2, 0.25) is 0 Å². The van der Waals surface area contributed by atoms with Gasteiger partial charge in [-0.2, -0.15) is 0 Å². The first-order valence-corrected chi connectivity index (χ1v) is 6.25. The highest BCUT2D eigenvalue weighted by atomic mass is 32.2. The Morgan fingerprint density at radius 2 is 2.12 bits per heavy atom. The average Bonchev–Trinajstić information content (AvgIpc) is 2.56. The molecular weight excluding hydrogens is 222 g/mol. The summed E-state index contributed by atoms with van der Waals surface area (Å²) in [6.07, 6.45) is 0.518. The third kappa shape index (κ3) is 2.64. The number of rotatable bonds is 2. The first kappa shape index (κ1) is 11.2. The Labute approximate surface area is 98.6 Å². The Bertz CT molecular complexity index is 403. The number of benzene rings is 1. The van der Waals surface area contributed by atoms with Gasteiger partial charge in [-0.05, 0) is 5.56 Å². The molecule has 2 rings (SSSR count). The van der Waals surface area contributed by atoms with E-state index in [1.165, 1.54) is 11.8 Å². The van der Waals surface area contributed by atoms with Gasteiger partial charge in [0.15, 0.2) is 0 Å². The molecule has 84 valence electrons. The number of carbonyl (C=O) groups is 1. The Balaban J connectivity index is 2.20. The molecule has 3 nitrogen and oxygen atoms in total. The maximum absolute atomic E-state index is 11.0. The summed E-state index contributed by atoms with van der Waals surface area (Å²) in [5.41, 5.74) is 1.95. The lowest BCUT2D eigenvalue weighted by Gasteiger charge is -2.09. The number of carboxylic acid groups (broad SMARTS) is 1. The molecule has 0 aromatic heterocycles. The van der Waals surface area contributed by atoms with E-state index in [-0.39, 0.29) is 5.25 Å². The molecule has 0 saturated heterocycles. The van der Waals surface area contributed by atoms with E-state index in [2.05, 4.69) is 4.99 Å². The van der Waals surface area contributed by atoms with Crippen LogP contribution in [0.4, 0.5) is 0 Å². The molecule has 0 spiro atoms. The zero-order chi connectivity index (χ0) is 11.4. The molecule has 4 heteroatoms. The number of nitrogens with zero attached hydrogens (tertiary/aromatic N) is 1. The van der Waals surface area contributed by atoms with Gasteiger partial charge in [-0.25, -0.2) is 0 Å². The maximum Gasteiger partial charge on any atom is 0.317 e. The van der Waals surface area contributed by atoms with Crippen molar-refractivity contribution in [3.63, 3.8) is 0 Å². The summed E-state index contributed by atoms with van der Waals surface area (Å²) >= 11 is 1.48. The lowest BCUT2D eigenvalue weighted by Crippen LogP contribution is -2.20. The van der Waals surface area contributed by atoms with Gasteiger partial charge in [0.1, 0.15) is 5.25 Å². The second-order valence-electron chi connectivity index (χ2n) is 3.60. The summed E-state index contributed by atoms with van der Waals surface area (Å²) in [5, 5.41) is 8.69. The van der Waals surface area contributed by atoms with Crippen LogP contribution in [-0.2, 0) is 4.79 Å². The molecule has 0 radical (unpaired) electrons. The summed E-state index contributed by atoms with van der Waals surface area (Å²) in [5.74, 6) is 0.0448. The fourth-order valence-electron chi connectivity index (χ4n) is 1.67. The van der Waals surface area contributed by atoms with E-state index in [0.29, 0.717) is 13.0 Å². The van der Waals surface area contributed by atoms with Gasteiger partial charge in [0, 0.05) is 24.4 Å². The van der Waals surface area contributed by atoms with E-state index >= 15 is 0 Å². The molecule has 1 aromatic rings. The summed E-state index contributed by atoms with van der Waals surface area (Å²) in [7, 11) is 0. The van der Waals surface area contributed by atoms with Gasteiger partial charge in [0.25, 0.3) is 0 Å². The van der Waals surface area contributed by atoms with Crippen molar-refractivity contribution in [2.75, 3.05) is 12.3 Å². The van der Waals surface area contributed by atoms with Crippen molar-refractivity contribution in [3.8, 4) is 0 Å². The highest BCUT2D eigenvalue weighted by Crippen LogP contribution is 2.21. The third-order valence-electron chi connectivity index (χ3n) is 2.47. The van der Waals surface area contributed by atoms with Gasteiger partial charge in [-0.3, -0.25) is 9.79 Å². The highest BCUT2D eigenvalue weighted by Gasteiger charge is 2.22. The van der Waals surface area contributed by atoms with Crippen LogP contribution >= 0.6 is 11.8 Å². The Morgan fingerprint density at radius 1 is 1.38 bits per heavy atom. The molecule has 0 saturated carbocycles. The number of carboxylic acids is 1. The number of thioether (sulfide) groups is 1. The third-order valence-corrected chi connectivity index (χ3v) is 3.66. The first-order chi connectivity index (χ1) is 7.77. The van der Waals surface area contributed by atoms with Gasteiger partial charge >= 0.3 is 5.97 Å². The molecule has 1 heterocycles. The molecule has 1 N–H and O–H groups in total. The molecule has 1 atom stereocenters. The molecule has 16 heavy (non-hydrogen) atoms. The SMILES string of the molecule is O=C(O)C1CC(c2ccccc2)=NCCS1. The van der Waals surface area contributed by atoms with Crippen molar-refractivity contribution < 1.29 is 9.90 Å². The van der Waals surface area contributed by atoms with Crippen LogP contribution in [0.25, 0.3) is 0 Å². The van der Waals surface area contributed by atoms with Crippen LogP contribution < -0.4 is 0 Å². The minimum atomic E-state index is -0.740. The molecule has 1 aromatic carbocycles. The molecule has 1 aliphatic heterocycles. The molecule has 1 aliphatic rings. The van der Waals surface area contributed by atoms with E-state index in [4.69, 9.17) is 5.11 Å². The van der Waals surface area contributed by atoms with Gasteiger partial charge in [0.05, 0.1) is 0 Å². The smallest absolute Gasteiger partial charge is 0.317 e. The number of hydrogen-bond donors (Lipinski definition) is 1. The van der Waals surface area contributed by atoms with Crippen molar-refractivity contribution >= 4 is 23.4 Å². The molecule has 0 fully saturated rings. The summed E-state index contributed by atoms with van der Waals surface area (Å²) in [6.45, 7) is 0.707. The molecule has 0 aliphatic carbocycles. The zero-order valence-electron chi connectivity index (χ0n) is 8.80. The number of hydrogen-bond acceptors (Lipinski definition) is 3. The highest BCUT2D eigenvalue weighted by molar-refractivity contribution is 8.00. The fraction of sp³-hybridized carbons (Fsp3) is 0.333. The first-order valence-electron chi connectivity index (χ1n) is 5.20. The summed E-state index contributed by atoms with van der Waals surface area (Å²) in [6, 6.07) is 9.81. The zero-order valence-corrected chi connectivity index (χ0v) is 9.61. The van der Waals surface area contributed by atoms with Crippen LogP contribution in [0.15, 0.2) is 35.3 Å². The van der Waals surface area contributed by atoms with E-state index in [1.54, 1.807) is 0 Å². The fourth-order valence-corrected chi connectivity index (χ4v) is 2.57. The topological polar surface area (TPSA) is 49.7 Å². The van der Waals surface area contributed by atoms with Gasteiger partial charge in [0.2, 0.25) is 0 Å². The number of aliphatic imine (C=N–C) groups is 1. The predicted octanol–water partition coefficient (Wildman–Crippen LogP) is 2.07. The van der Waals surface area contributed by atoms with Gasteiger partial charge < -0.3 is 5.11 Å². The quantitative estimate of drug-likeness (QED) is 0.853. The van der Waals surface area contributed by atoms with Crippen molar-refractivity contribution in [1.82, 2.24) is 0 Å². The lowest BCUT2D eigenvalue weighted by atomic mass is 10.1. The Morgan fingerprint density at radius 3 is 2.81 bits per heavy atom. The number of aliphatic carboxylic acids is 1. The second-order valence-corrected chi connectivity index (χ2v) is 4.91. The van der Waals surface area contributed by atoms with E-state index in [1.807, 2.05) is 30.3 Å². The summed E-state index contributed by atoms with van der Waals surface area (Å²) < 4.78 is 0. The Hall–Kier alpha value is -1.29. The molecular formula is C12H13NO2S. The van der Waals surface area contributed by atoms with Crippen LogP contribution in [0, 0.1) is 0 Å². The average molecular weight is 235 g/mol. The lowest BCUT2D eigenvalue weighted by molar-refractivity contribution is -0.136.